The minimum absolute atomic E-state index is 0.0300. The monoisotopic (exact) mass is 311 g/mol. The van der Waals surface area contributed by atoms with Crippen molar-refractivity contribution in [1.82, 2.24) is 5.32 Å². The van der Waals surface area contributed by atoms with E-state index in [1.807, 2.05) is 6.07 Å². The lowest BCUT2D eigenvalue weighted by atomic mass is 10.1. The smallest absolute Gasteiger partial charge is 0.306 e. The number of carboxylic acids is 1. The maximum Gasteiger partial charge on any atom is 0.306 e. The Hall–Kier alpha value is -1.36. The van der Waals surface area contributed by atoms with Gasteiger partial charge in [0.05, 0.1) is 5.92 Å². The Labute approximate surface area is 114 Å². The molecule has 2 rings (SSSR count). The predicted molar refractivity (Wildman–Crippen MR) is 70.4 cm³/mol. The Morgan fingerprint density at radius 3 is 2.72 bits per heavy atom. The van der Waals surface area contributed by atoms with Crippen molar-refractivity contribution in [2.24, 2.45) is 5.92 Å². The van der Waals surface area contributed by atoms with Gasteiger partial charge in [-0.05, 0) is 37.5 Å². The molecule has 1 saturated carbocycles. The summed E-state index contributed by atoms with van der Waals surface area (Å²) in [6, 6.07) is 7.11. The molecule has 2 atom stereocenters. The number of hydrogen-bond donors (Lipinski definition) is 2. The molecular weight excluding hydrogens is 298 g/mol. The van der Waals surface area contributed by atoms with Crippen LogP contribution in [-0.2, 0) is 4.79 Å². The van der Waals surface area contributed by atoms with Gasteiger partial charge in [-0.1, -0.05) is 22.0 Å². The number of benzene rings is 1. The SMILES string of the molecule is O=C(N[C@@H]1CC[C@H](C(=O)O)C1)c1cccc(Br)c1. The third kappa shape index (κ3) is 3.10. The average molecular weight is 312 g/mol. The van der Waals surface area contributed by atoms with Gasteiger partial charge in [-0.25, -0.2) is 0 Å². The van der Waals surface area contributed by atoms with E-state index in [1.54, 1.807) is 18.2 Å². The number of halogens is 1. The minimum Gasteiger partial charge on any atom is -0.481 e. The number of amides is 1. The van der Waals surface area contributed by atoms with Gasteiger partial charge in [0.1, 0.15) is 0 Å². The number of carbonyl (C=O) groups is 2. The number of carbonyl (C=O) groups excluding carboxylic acids is 1. The van der Waals surface area contributed by atoms with Crippen LogP contribution in [0.3, 0.4) is 0 Å². The van der Waals surface area contributed by atoms with Crippen LogP contribution in [0, 0.1) is 5.92 Å². The first-order chi connectivity index (χ1) is 8.56. The number of carboxylic acid groups (broad SMARTS) is 1. The number of hydrogen-bond acceptors (Lipinski definition) is 2. The summed E-state index contributed by atoms with van der Waals surface area (Å²) < 4.78 is 0.852. The lowest BCUT2D eigenvalue weighted by molar-refractivity contribution is -0.141. The molecule has 1 aromatic rings. The van der Waals surface area contributed by atoms with Crippen LogP contribution in [0.25, 0.3) is 0 Å². The van der Waals surface area contributed by atoms with Crippen LogP contribution in [0.4, 0.5) is 0 Å². The van der Waals surface area contributed by atoms with E-state index < -0.39 is 5.97 Å². The highest BCUT2D eigenvalue weighted by atomic mass is 79.9. The maximum atomic E-state index is 12.0. The van der Waals surface area contributed by atoms with Gasteiger partial charge in [0, 0.05) is 16.1 Å². The zero-order valence-corrected chi connectivity index (χ0v) is 11.3. The minimum atomic E-state index is -0.769. The molecule has 0 radical (unpaired) electrons. The van der Waals surface area contributed by atoms with E-state index in [2.05, 4.69) is 21.2 Å². The zero-order valence-electron chi connectivity index (χ0n) is 9.73. The van der Waals surface area contributed by atoms with E-state index in [9.17, 15) is 9.59 Å². The number of nitrogens with one attached hydrogen (secondary N) is 1. The van der Waals surface area contributed by atoms with Crippen molar-refractivity contribution in [3.8, 4) is 0 Å². The van der Waals surface area contributed by atoms with E-state index in [-0.39, 0.29) is 17.9 Å². The molecule has 5 heteroatoms. The summed E-state index contributed by atoms with van der Waals surface area (Å²) in [5, 5.41) is 11.8. The lowest BCUT2D eigenvalue weighted by Crippen LogP contribution is -2.33. The summed E-state index contributed by atoms with van der Waals surface area (Å²) >= 11 is 3.31. The topological polar surface area (TPSA) is 66.4 Å². The highest BCUT2D eigenvalue weighted by molar-refractivity contribution is 9.10. The van der Waals surface area contributed by atoms with Gasteiger partial charge in [-0.3, -0.25) is 9.59 Å². The van der Waals surface area contributed by atoms with Gasteiger partial charge >= 0.3 is 5.97 Å². The van der Waals surface area contributed by atoms with Crippen molar-refractivity contribution < 1.29 is 14.7 Å². The Morgan fingerprint density at radius 2 is 2.11 bits per heavy atom. The van der Waals surface area contributed by atoms with Crippen molar-refractivity contribution in [1.29, 1.82) is 0 Å². The second kappa shape index (κ2) is 5.52. The molecular formula is C13H14BrNO3. The van der Waals surface area contributed by atoms with Crippen molar-refractivity contribution >= 4 is 27.8 Å². The fourth-order valence-electron chi connectivity index (χ4n) is 2.24. The molecule has 0 spiro atoms. The first kappa shape index (κ1) is 13.1. The fraction of sp³-hybridized carbons (Fsp3) is 0.385. The van der Waals surface area contributed by atoms with Crippen LogP contribution in [0.5, 0.6) is 0 Å². The molecule has 1 aliphatic rings. The van der Waals surface area contributed by atoms with Crippen molar-refractivity contribution in [2.75, 3.05) is 0 Å². The van der Waals surface area contributed by atoms with Crippen molar-refractivity contribution in [3.05, 3.63) is 34.3 Å². The van der Waals surface area contributed by atoms with Gasteiger partial charge in [0.2, 0.25) is 0 Å². The molecule has 1 aliphatic carbocycles. The summed E-state index contributed by atoms with van der Waals surface area (Å²) in [7, 11) is 0. The lowest BCUT2D eigenvalue weighted by Gasteiger charge is -2.12. The van der Waals surface area contributed by atoms with Crippen LogP contribution >= 0.6 is 15.9 Å². The van der Waals surface area contributed by atoms with Gasteiger partial charge < -0.3 is 10.4 Å². The third-order valence-corrected chi connectivity index (χ3v) is 3.70. The van der Waals surface area contributed by atoms with Crippen LogP contribution in [-0.4, -0.2) is 23.0 Å². The second-order valence-electron chi connectivity index (χ2n) is 4.53. The first-order valence-electron chi connectivity index (χ1n) is 5.85. The fourth-order valence-corrected chi connectivity index (χ4v) is 2.63. The molecule has 0 heterocycles. The number of aliphatic carboxylic acids is 1. The first-order valence-corrected chi connectivity index (χ1v) is 6.65. The largest absolute Gasteiger partial charge is 0.481 e. The van der Waals surface area contributed by atoms with Crippen LogP contribution in [0.1, 0.15) is 29.6 Å². The molecule has 0 saturated heterocycles. The van der Waals surface area contributed by atoms with Crippen LogP contribution in [0.15, 0.2) is 28.7 Å². The summed E-state index contributed by atoms with van der Waals surface area (Å²) in [6.07, 6.45) is 1.89. The second-order valence-corrected chi connectivity index (χ2v) is 5.44. The maximum absolute atomic E-state index is 12.0. The highest BCUT2D eigenvalue weighted by Gasteiger charge is 2.30. The van der Waals surface area contributed by atoms with E-state index in [0.29, 0.717) is 18.4 Å². The summed E-state index contributed by atoms with van der Waals surface area (Å²) in [6.45, 7) is 0. The van der Waals surface area contributed by atoms with E-state index in [1.165, 1.54) is 0 Å². The van der Waals surface area contributed by atoms with Gasteiger partial charge in [0.25, 0.3) is 5.91 Å². The summed E-state index contributed by atoms with van der Waals surface area (Å²) in [5.74, 6) is -1.24. The Kier molecular flexibility index (Phi) is 4.01. The van der Waals surface area contributed by atoms with E-state index in [0.717, 1.165) is 10.9 Å². The van der Waals surface area contributed by atoms with Crippen LogP contribution < -0.4 is 5.32 Å². The molecule has 0 unspecified atom stereocenters. The van der Waals surface area contributed by atoms with Crippen molar-refractivity contribution in [2.45, 2.75) is 25.3 Å². The van der Waals surface area contributed by atoms with E-state index in [4.69, 9.17) is 5.11 Å². The molecule has 0 aromatic heterocycles. The molecule has 0 bridgehead atoms. The Morgan fingerprint density at radius 1 is 1.33 bits per heavy atom. The molecule has 1 aromatic carbocycles. The van der Waals surface area contributed by atoms with Crippen molar-refractivity contribution in [3.63, 3.8) is 0 Å². The van der Waals surface area contributed by atoms with Gasteiger partial charge in [-0.15, -0.1) is 0 Å². The molecule has 2 N–H and O–H groups in total. The molecule has 1 amide bonds. The molecule has 0 aliphatic heterocycles. The highest BCUT2D eigenvalue weighted by Crippen LogP contribution is 2.26. The van der Waals surface area contributed by atoms with Gasteiger partial charge in [0.15, 0.2) is 0 Å². The quantitative estimate of drug-likeness (QED) is 0.901. The normalized spacial score (nSPS) is 22.7. The zero-order chi connectivity index (χ0) is 13.1. The molecule has 1 fully saturated rings. The van der Waals surface area contributed by atoms with Gasteiger partial charge in [-0.2, -0.15) is 0 Å². The Balaban J connectivity index is 1.95. The number of rotatable bonds is 3. The summed E-state index contributed by atoms with van der Waals surface area (Å²) in [5.41, 5.74) is 0.586. The Bertz CT molecular complexity index is 475. The van der Waals surface area contributed by atoms with Crippen LogP contribution in [0.2, 0.25) is 0 Å². The predicted octanol–water partition coefficient (Wildman–Crippen LogP) is 2.43. The molecule has 4 nitrogen and oxygen atoms in total. The average Bonchev–Trinajstić information content (AvgIpc) is 2.77. The third-order valence-electron chi connectivity index (χ3n) is 3.20. The standard InChI is InChI=1S/C13H14BrNO3/c14-10-3-1-2-8(6-10)12(16)15-11-5-4-9(7-11)13(17)18/h1-3,6,9,11H,4-5,7H2,(H,15,16)(H,17,18)/t9-,11+/m0/s1. The summed E-state index contributed by atoms with van der Waals surface area (Å²) in [4.78, 5) is 22.8. The molecule has 18 heavy (non-hydrogen) atoms. The van der Waals surface area contributed by atoms with E-state index >= 15 is 0 Å². The molecule has 96 valence electrons.